The number of amides is 1. The Morgan fingerprint density at radius 3 is 2.84 bits per heavy atom. The quantitative estimate of drug-likeness (QED) is 0.471. The Balaban J connectivity index is 1.40. The van der Waals surface area contributed by atoms with Crippen LogP contribution in [-0.4, -0.2) is 70.9 Å². The predicted octanol–water partition coefficient (Wildman–Crippen LogP) is 1.84. The van der Waals surface area contributed by atoms with Gasteiger partial charge in [0, 0.05) is 23.7 Å². The third kappa shape index (κ3) is 5.35. The number of rotatable bonds is 8. The number of carbonyl (C=O) groups excluding carboxylic acids is 1. The van der Waals surface area contributed by atoms with E-state index in [0.717, 1.165) is 4.88 Å². The molecule has 0 atom stereocenters. The van der Waals surface area contributed by atoms with Crippen LogP contribution in [0.15, 0.2) is 45.8 Å². The summed E-state index contributed by atoms with van der Waals surface area (Å²) in [4.78, 5) is 13.8. The molecule has 3 aromatic rings. The molecule has 0 aliphatic carbocycles. The highest BCUT2D eigenvalue weighted by molar-refractivity contribution is 7.99. The second kappa shape index (κ2) is 10.1. The Bertz CT molecular complexity index is 1170. The third-order valence-corrected chi connectivity index (χ3v) is 8.64. The van der Waals surface area contributed by atoms with Gasteiger partial charge in [0.25, 0.3) is 0 Å². The minimum atomic E-state index is -3.66. The molecule has 1 aliphatic rings. The monoisotopic (exact) mass is 494 g/mol. The lowest BCUT2D eigenvalue weighted by atomic mass is 10.2. The van der Waals surface area contributed by atoms with E-state index in [1.54, 1.807) is 35.1 Å². The lowest BCUT2D eigenvalue weighted by Crippen LogP contribution is -2.40. The van der Waals surface area contributed by atoms with Gasteiger partial charge in [-0.3, -0.25) is 4.79 Å². The van der Waals surface area contributed by atoms with Crippen LogP contribution in [0.3, 0.4) is 0 Å². The summed E-state index contributed by atoms with van der Waals surface area (Å²) in [6, 6.07) is 8.84. The minimum Gasteiger partial charge on any atom is -0.379 e. The van der Waals surface area contributed by atoms with Gasteiger partial charge in [0.05, 0.1) is 30.4 Å². The first-order chi connectivity index (χ1) is 15.4. The van der Waals surface area contributed by atoms with Crippen LogP contribution in [0.25, 0.3) is 0 Å². The lowest BCUT2D eigenvalue weighted by Gasteiger charge is -2.26. The van der Waals surface area contributed by atoms with Crippen molar-refractivity contribution in [3.63, 3.8) is 0 Å². The van der Waals surface area contributed by atoms with Crippen molar-refractivity contribution in [2.75, 3.05) is 37.4 Å². The zero-order valence-corrected chi connectivity index (χ0v) is 19.8. The first kappa shape index (κ1) is 22.9. The van der Waals surface area contributed by atoms with Crippen LogP contribution in [0.2, 0.25) is 0 Å². The predicted molar refractivity (Wildman–Crippen MR) is 121 cm³/mol. The van der Waals surface area contributed by atoms with Gasteiger partial charge in [0.1, 0.15) is 0 Å². The van der Waals surface area contributed by atoms with E-state index in [0.29, 0.717) is 49.3 Å². The Kier molecular flexibility index (Phi) is 7.20. The average Bonchev–Trinajstić information content (AvgIpc) is 3.46. The topological polar surface area (TPSA) is 119 Å². The molecular weight excluding hydrogens is 472 g/mol. The zero-order chi connectivity index (χ0) is 22.6. The summed E-state index contributed by atoms with van der Waals surface area (Å²) in [6.07, 6.45) is 0. The van der Waals surface area contributed by atoms with Crippen LogP contribution in [-0.2, 0) is 26.1 Å². The average molecular weight is 495 g/mol. The van der Waals surface area contributed by atoms with Crippen LogP contribution < -0.4 is 5.32 Å². The van der Waals surface area contributed by atoms with Crippen molar-refractivity contribution in [2.24, 2.45) is 0 Å². The molecule has 170 valence electrons. The molecule has 32 heavy (non-hydrogen) atoms. The third-order valence-electron chi connectivity index (χ3n) is 4.78. The summed E-state index contributed by atoms with van der Waals surface area (Å²) in [5.41, 5.74) is 1.04. The molecule has 13 heteroatoms. The minimum absolute atomic E-state index is 0.0875. The van der Waals surface area contributed by atoms with Gasteiger partial charge in [0.2, 0.25) is 21.1 Å². The molecule has 0 spiro atoms. The summed E-state index contributed by atoms with van der Waals surface area (Å²) in [5.74, 6) is -0.191. The molecule has 4 rings (SSSR count). The van der Waals surface area contributed by atoms with Crippen molar-refractivity contribution in [3.8, 4) is 0 Å². The fourth-order valence-corrected chi connectivity index (χ4v) is 6.18. The lowest BCUT2D eigenvalue weighted by molar-refractivity contribution is -0.113. The molecule has 1 saturated heterocycles. The van der Waals surface area contributed by atoms with E-state index in [1.165, 1.54) is 22.1 Å². The van der Waals surface area contributed by atoms with Crippen LogP contribution in [0, 0.1) is 6.92 Å². The first-order valence-corrected chi connectivity index (χ1v) is 13.1. The number of hydrogen-bond donors (Lipinski definition) is 1. The molecule has 0 saturated carbocycles. The number of morpholine rings is 1. The van der Waals surface area contributed by atoms with Crippen molar-refractivity contribution in [1.29, 1.82) is 0 Å². The summed E-state index contributed by atoms with van der Waals surface area (Å²) >= 11 is 2.82. The molecule has 1 aliphatic heterocycles. The van der Waals surface area contributed by atoms with Crippen molar-refractivity contribution >= 4 is 44.7 Å². The number of hydrogen-bond acceptors (Lipinski definition) is 9. The van der Waals surface area contributed by atoms with E-state index in [9.17, 15) is 13.2 Å². The zero-order valence-electron chi connectivity index (χ0n) is 17.3. The van der Waals surface area contributed by atoms with Crippen LogP contribution in [0.5, 0.6) is 0 Å². The van der Waals surface area contributed by atoms with E-state index >= 15 is 0 Å². The number of aryl methyl sites for hydroxylation is 1. The maximum Gasteiger partial charge on any atom is 0.243 e. The molecule has 1 N–H and O–H groups in total. The largest absolute Gasteiger partial charge is 0.379 e. The number of nitrogens with zero attached hydrogens (tertiary/aromatic N) is 5. The second-order valence-electron chi connectivity index (χ2n) is 7.03. The molecule has 1 aromatic carbocycles. The molecule has 2 aromatic heterocycles. The molecule has 10 nitrogen and oxygen atoms in total. The fourth-order valence-electron chi connectivity index (χ4n) is 3.16. The van der Waals surface area contributed by atoms with Gasteiger partial charge in [-0.05, 0) is 46.5 Å². The van der Waals surface area contributed by atoms with Crippen molar-refractivity contribution in [2.45, 2.75) is 23.5 Å². The molecule has 1 amide bonds. The number of tetrazole rings is 1. The van der Waals surface area contributed by atoms with Gasteiger partial charge in [-0.1, -0.05) is 23.9 Å². The number of anilines is 1. The van der Waals surface area contributed by atoms with Gasteiger partial charge >= 0.3 is 0 Å². The number of thioether (sulfide) groups is 1. The number of carbonyl (C=O) groups is 1. The Hall–Kier alpha value is -2.32. The van der Waals surface area contributed by atoms with Crippen LogP contribution in [0.4, 0.5) is 5.69 Å². The molecule has 1 fully saturated rings. The van der Waals surface area contributed by atoms with E-state index < -0.39 is 10.0 Å². The highest BCUT2D eigenvalue weighted by Crippen LogP contribution is 2.25. The van der Waals surface area contributed by atoms with Gasteiger partial charge < -0.3 is 10.1 Å². The molecule has 0 bridgehead atoms. The normalized spacial score (nSPS) is 15.0. The smallest absolute Gasteiger partial charge is 0.243 e. The molecule has 0 unspecified atom stereocenters. The van der Waals surface area contributed by atoms with E-state index in [-0.39, 0.29) is 16.6 Å². The highest BCUT2D eigenvalue weighted by atomic mass is 32.2. The molecule has 0 radical (unpaired) electrons. The summed E-state index contributed by atoms with van der Waals surface area (Å²) in [7, 11) is -3.66. The number of sulfonamides is 1. The van der Waals surface area contributed by atoms with Crippen molar-refractivity contribution in [1.82, 2.24) is 24.5 Å². The van der Waals surface area contributed by atoms with Gasteiger partial charge in [-0.25, -0.2) is 13.1 Å². The standard InChI is InChI=1S/C19H22N6O4S3/c1-14-4-5-15(11-17(14)32(27,28)24-6-8-29-9-7-24)20-18(26)13-31-19-21-22-23-25(19)12-16-3-2-10-30-16/h2-5,10-11H,6-9,12-13H2,1H3,(H,20,26). The number of thiophene rings is 1. The number of ether oxygens (including phenoxy) is 1. The number of nitrogens with one attached hydrogen (secondary N) is 1. The van der Waals surface area contributed by atoms with Crippen LogP contribution >= 0.6 is 23.1 Å². The Morgan fingerprint density at radius 1 is 1.28 bits per heavy atom. The summed E-state index contributed by atoms with van der Waals surface area (Å²) in [6.45, 7) is 3.65. The maximum absolute atomic E-state index is 13.0. The van der Waals surface area contributed by atoms with Crippen LogP contribution in [0.1, 0.15) is 10.4 Å². The van der Waals surface area contributed by atoms with Gasteiger partial charge in [-0.15, -0.1) is 16.4 Å². The number of aromatic nitrogens is 4. The van der Waals surface area contributed by atoms with E-state index in [1.807, 2.05) is 17.5 Å². The van der Waals surface area contributed by atoms with Crippen molar-refractivity contribution < 1.29 is 17.9 Å². The van der Waals surface area contributed by atoms with Gasteiger partial charge in [0.15, 0.2) is 0 Å². The van der Waals surface area contributed by atoms with E-state index in [4.69, 9.17) is 4.74 Å². The Morgan fingerprint density at radius 2 is 2.09 bits per heavy atom. The van der Waals surface area contributed by atoms with Gasteiger partial charge in [-0.2, -0.15) is 4.31 Å². The Labute approximate surface area is 194 Å². The van der Waals surface area contributed by atoms with E-state index in [2.05, 4.69) is 20.8 Å². The first-order valence-electron chi connectivity index (χ1n) is 9.83. The molecular formula is C19H22N6O4S3. The molecule has 3 heterocycles. The van der Waals surface area contributed by atoms with Crippen molar-refractivity contribution in [3.05, 3.63) is 46.2 Å². The number of benzene rings is 1. The summed E-state index contributed by atoms with van der Waals surface area (Å²) in [5, 5.41) is 16.9. The SMILES string of the molecule is Cc1ccc(NC(=O)CSc2nnnn2Cc2cccs2)cc1S(=O)(=O)N1CCOCC1. The summed E-state index contributed by atoms with van der Waals surface area (Å²) < 4.78 is 34.4. The highest BCUT2D eigenvalue weighted by Gasteiger charge is 2.28. The fraction of sp³-hybridized carbons (Fsp3) is 0.368. The maximum atomic E-state index is 13.0. The second-order valence-corrected chi connectivity index (χ2v) is 10.9.